The van der Waals surface area contributed by atoms with Crippen LogP contribution >= 0.6 is 0 Å². The summed E-state index contributed by atoms with van der Waals surface area (Å²) >= 11 is 0. The van der Waals surface area contributed by atoms with Gasteiger partial charge in [-0.25, -0.2) is 0 Å². The van der Waals surface area contributed by atoms with E-state index in [1.807, 2.05) is 49.4 Å². The van der Waals surface area contributed by atoms with Gasteiger partial charge in [0.25, 0.3) is 5.91 Å². The quantitative estimate of drug-likeness (QED) is 0.659. The monoisotopic (exact) mass is 352 g/mol. The number of rotatable bonds is 7. The van der Waals surface area contributed by atoms with Crippen LogP contribution in [0.1, 0.15) is 16.1 Å². The van der Waals surface area contributed by atoms with Crippen LogP contribution in [0.5, 0.6) is 11.5 Å². The largest absolute Gasteiger partial charge is 0.497 e. The summed E-state index contributed by atoms with van der Waals surface area (Å²) in [6.45, 7) is 2.69. The zero-order valence-corrected chi connectivity index (χ0v) is 14.7. The summed E-state index contributed by atoms with van der Waals surface area (Å²) in [7, 11) is 1.60. The second-order valence-electron chi connectivity index (χ2n) is 5.73. The molecule has 0 spiro atoms. The van der Waals surface area contributed by atoms with Gasteiger partial charge in [0.1, 0.15) is 23.8 Å². The molecule has 6 heteroatoms. The Hall–Kier alpha value is -3.28. The zero-order valence-electron chi connectivity index (χ0n) is 14.7. The van der Waals surface area contributed by atoms with Crippen LogP contribution < -0.4 is 14.8 Å². The first-order valence-electron chi connectivity index (χ1n) is 8.24. The standard InChI is InChI=1S/C20H20N2O4/c1-14-6-8-15(9-7-14)18-13-19(26-22-18)20(23)21-10-11-25-17-5-3-4-16(12-17)24-2/h3-9,12-13H,10-11H2,1-2H3,(H,21,23). The summed E-state index contributed by atoms with van der Waals surface area (Å²) in [5.41, 5.74) is 2.69. The van der Waals surface area contributed by atoms with E-state index in [0.29, 0.717) is 24.6 Å². The second-order valence-corrected chi connectivity index (χ2v) is 5.73. The summed E-state index contributed by atoms with van der Waals surface area (Å²) in [6.07, 6.45) is 0. The van der Waals surface area contributed by atoms with Gasteiger partial charge in [-0.1, -0.05) is 41.1 Å². The van der Waals surface area contributed by atoms with Crippen molar-refractivity contribution in [2.24, 2.45) is 0 Å². The highest BCUT2D eigenvalue weighted by Crippen LogP contribution is 2.20. The van der Waals surface area contributed by atoms with Gasteiger partial charge in [0.2, 0.25) is 5.76 Å². The molecule has 0 radical (unpaired) electrons. The number of aryl methyl sites for hydroxylation is 1. The van der Waals surface area contributed by atoms with Gasteiger partial charge in [0.05, 0.1) is 13.7 Å². The van der Waals surface area contributed by atoms with Crippen LogP contribution in [0.2, 0.25) is 0 Å². The second kappa shape index (κ2) is 8.20. The van der Waals surface area contributed by atoms with Gasteiger partial charge in [0, 0.05) is 17.7 Å². The lowest BCUT2D eigenvalue weighted by Gasteiger charge is -2.08. The molecule has 26 heavy (non-hydrogen) atoms. The maximum atomic E-state index is 12.1. The number of aromatic nitrogens is 1. The normalized spacial score (nSPS) is 10.4. The van der Waals surface area contributed by atoms with Gasteiger partial charge in [-0.3, -0.25) is 4.79 Å². The first kappa shape index (κ1) is 17.5. The predicted molar refractivity (Wildman–Crippen MR) is 97.5 cm³/mol. The Balaban J connectivity index is 1.50. The van der Waals surface area contributed by atoms with E-state index in [9.17, 15) is 4.79 Å². The Morgan fingerprint density at radius 3 is 2.65 bits per heavy atom. The van der Waals surface area contributed by atoms with Crippen LogP contribution in [0.4, 0.5) is 0 Å². The molecule has 1 amide bonds. The Morgan fingerprint density at radius 2 is 1.88 bits per heavy atom. The highest BCUT2D eigenvalue weighted by molar-refractivity contribution is 5.92. The molecule has 1 N–H and O–H groups in total. The first-order chi connectivity index (χ1) is 12.7. The summed E-state index contributed by atoms with van der Waals surface area (Å²) in [5, 5.41) is 6.69. The van der Waals surface area contributed by atoms with Crippen LogP contribution in [0.3, 0.4) is 0 Å². The van der Waals surface area contributed by atoms with Crippen molar-refractivity contribution in [1.82, 2.24) is 10.5 Å². The molecule has 0 atom stereocenters. The molecule has 1 aromatic heterocycles. The average Bonchev–Trinajstić information content (AvgIpc) is 3.16. The number of carbonyl (C=O) groups is 1. The molecule has 0 aliphatic rings. The Bertz CT molecular complexity index is 872. The number of benzene rings is 2. The number of hydrogen-bond donors (Lipinski definition) is 1. The molecule has 2 aromatic carbocycles. The summed E-state index contributed by atoms with van der Waals surface area (Å²) in [6, 6.07) is 16.8. The summed E-state index contributed by atoms with van der Waals surface area (Å²) in [4.78, 5) is 12.1. The molecule has 3 rings (SSSR count). The number of ether oxygens (including phenoxy) is 2. The van der Waals surface area contributed by atoms with Gasteiger partial charge < -0.3 is 19.3 Å². The topological polar surface area (TPSA) is 73.6 Å². The highest BCUT2D eigenvalue weighted by Gasteiger charge is 2.13. The highest BCUT2D eigenvalue weighted by atomic mass is 16.5. The van der Waals surface area contributed by atoms with Crippen molar-refractivity contribution in [3.63, 3.8) is 0 Å². The van der Waals surface area contributed by atoms with E-state index >= 15 is 0 Å². The molecule has 0 bridgehead atoms. The molecular formula is C20H20N2O4. The number of amides is 1. The lowest BCUT2D eigenvalue weighted by molar-refractivity contribution is 0.0910. The van der Waals surface area contributed by atoms with Crippen LogP contribution in [-0.2, 0) is 0 Å². The molecule has 134 valence electrons. The molecule has 0 fully saturated rings. The van der Waals surface area contributed by atoms with E-state index < -0.39 is 0 Å². The number of hydrogen-bond acceptors (Lipinski definition) is 5. The first-order valence-corrected chi connectivity index (χ1v) is 8.24. The van der Waals surface area contributed by atoms with Gasteiger partial charge in [-0.05, 0) is 19.1 Å². The number of carbonyl (C=O) groups excluding carboxylic acids is 1. The third-order valence-corrected chi connectivity index (χ3v) is 3.78. The molecule has 0 unspecified atom stereocenters. The molecular weight excluding hydrogens is 332 g/mol. The third-order valence-electron chi connectivity index (χ3n) is 3.78. The van der Waals surface area contributed by atoms with Crippen molar-refractivity contribution < 1.29 is 18.8 Å². The average molecular weight is 352 g/mol. The maximum Gasteiger partial charge on any atom is 0.290 e. The zero-order chi connectivity index (χ0) is 18.4. The Morgan fingerprint density at radius 1 is 1.12 bits per heavy atom. The van der Waals surface area contributed by atoms with E-state index in [2.05, 4.69) is 10.5 Å². The van der Waals surface area contributed by atoms with Crippen LogP contribution in [0.15, 0.2) is 59.1 Å². The van der Waals surface area contributed by atoms with E-state index in [1.165, 1.54) is 0 Å². The van der Waals surface area contributed by atoms with Crippen molar-refractivity contribution in [3.05, 3.63) is 65.9 Å². The van der Waals surface area contributed by atoms with Crippen molar-refractivity contribution >= 4 is 5.91 Å². The molecule has 3 aromatic rings. The van der Waals surface area contributed by atoms with Crippen molar-refractivity contribution in [2.45, 2.75) is 6.92 Å². The molecule has 0 aliphatic heterocycles. The van der Waals surface area contributed by atoms with Gasteiger partial charge in [-0.15, -0.1) is 0 Å². The van der Waals surface area contributed by atoms with E-state index in [-0.39, 0.29) is 11.7 Å². The summed E-state index contributed by atoms with van der Waals surface area (Å²) < 4.78 is 15.9. The van der Waals surface area contributed by atoms with Gasteiger partial charge in [-0.2, -0.15) is 0 Å². The Labute approximate surface area is 151 Å². The van der Waals surface area contributed by atoms with Gasteiger partial charge in [0.15, 0.2) is 0 Å². The number of nitrogens with one attached hydrogen (secondary N) is 1. The van der Waals surface area contributed by atoms with Crippen molar-refractivity contribution in [2.75, 3.05) is 20.3 Å². The fraction of sp³-hybridized carbons (Fsp3) is 0.200. The molecule has 0 saturated carbocycles. The minimum atomic E-state index is -0.329. The number of methoxy groups -OCH3 is 1. The lowest BCUT2D eigenvalue weighted by atomic mass is 10.1. The predicted octanol–water partition coefficient (Wildman–Crippen LogP) is 3.47. The lowest BCUT2D eigenvalue weighted by Crippen LogP contribution is -2.27. The Kier molecular flexibility index (Phi) is 5.53. The fourth-order valence-electron chi connectivity index (χ4n) is 2.35. The van der Waals surface area contributed by atoms with Gasteiger partial charge >= 0.3 is 0 Å². The molecule has 0 aliphatic carbocycles. The van der Waals surface area contributed by atoms with Crippen LogP contribution in [0.25, 0.3) is 11.3 Å². The van der Waals surface area contributed by atoms with Crippen LogP contribution in [0, 0.1) is 6.92 Å². The minimum absolute atomic E-state index is 0.168. The van der Waals surface area contributed by atoms with Crippen molar-refractivity contribution in [3.8, 4) is 22.8 Å². The molecule has 1 heterocycles. The van der Waals surface area contributed by atoms with E-state index in [0.717, 1.165) is 16.9 Å². The van der Waals surface area contributed by atoms with E-state index in [1.54, 1.807) is 19.2 Å². The van der Waals surface area contributed by atoms with E-state index in [4.69, 9.17) is 14.0 Å². The fourth-order valence-corrected chi connectivity index (χ4v) is 2.35. The smallest absolute Gasteiger partial charge is 0.290 e. The SMILES string of the molecule is COc1cccc(OCCNC(=O)c2cc(-c3ccc(C)cc3)no2)c1. The molecule has 0 saturated heterocycles. The summed E-state index contributed by atoms with van der Waals surface area (Å²) in [5.74, 6) is 1.24. The maximum absolute atomic E-state index is 12.1. The van der Waals surface area contributed by atoms with Crippen LogP contribution in [-0.4, -0.2) is 31.3 Å². The third kappa shape index (κ3) is 4.42. The minimum Gasteiger partial charge on any atom is -0.497 e. The molecule has 6 nitrogen and oxygen atoms in total. The number of nitrogens with zero attached hydrogens (tertiary/aromatic N) is 1. The van der Waals surface area contributed by atoms with Crippen molar-refractivity contribution in [1.29, 1.82) is 0 Å².